The first kappa shape index (κ1) is 18.8. The molecular weight excluding hydrogens is 387 g/mol. The van der Waals surface area contributed by atoms with Crippen molar-refractivity contribution in [1.82, 2.24) is 9.97 Å². The molecule has 2 N–H and O–H groups in total. The van der Waals surface area contributed by atoms with Gasteiger partial charge in [0.15, 0.2) is 0 Å². The SMILES string of the molecule is Cc1ccc(C(=O)Nc2ccc(Cl)cc2C(=O)Nc2ccc(Cl)cn2)nc1. The minimum Gasteiger partial charge on any atom is -0.320 e. The lowest BCUT2D eigenvalue weighted by Crippen LogP contribution is -2.19. The molecule has 3 aromatic rings. The molecule has 0 radical (unpaired) electrons. The minimum atomic E-state index is -0.473. The maximum absolute atomic E-state index is 12.6. The lowest BCUT2D eigenvalue weighted by molar-refractivity contribution is 0.102. The summed E-state index contributed by atoms with van der Waals surface area (Å²) >= 11 is 11.8. The van der Waals surface area contributed by atoms with Gasteiger partial charge in [-0.05, 0) is 48.9 Å². The number of aryl methyl sites for hydroxylation is 1. The number of carbonyl (C=O) groups is 2. The zero-order chi connectivity index (χ0) is 19.4. The summed E-state index contributed by atoms with van der Waals surface area (Å²) < 4.78 is 0. The van der Waals surface area contributed by atoms with E-state index >= 15 is 0 Å². The summed E-state index contributed by atoms with van der Waals surface area (Å²) in [6.07, 6.45) is 3.01. The van der Waals surface area contributed by atoms with Crippen molar-refractivity contribution in [2.75, 3.05) is 10.6 Å². The van der Waals surface area contributed by atoms with Gasteiger partial charge in [-0.3, -0.25) is 14.6 Å². The number of rotatable bonds is 4. The molecule has 136 valence electrons. The van der Waals surface area contributed by atoms with Gasteiger partial charge >= 0.3 is 0 Å². The van der Waals surface area contributed by atoms with E-state index in [4.69, 9.17) is 23.2 Å². The summed E-state index contributed by atoms with van der Waals surface area (Å²) in [5, 5.41) is 6.14. The number of aromatic nitrogens is 2. The van der Waals surface area contributed by atoms with Crippen molar-refractivity contribution in [2.24, 2.45) is 0 Å². The van der Waals surface area contributed by atoms with Gasteiger partial charge in [-0.15, -0.1) is 0 Å². The van der Waals surface area contributed by atoms with E-state index in [-0.39, 0.29) is 11.3 Å². The first-order valence-electron chi connectivity index (χ1n) is 7.89. The Kier molecular flexibility index (Phi) is 5.69. The van der Waals surface area contributed by atoms with Crippen LogP contribution in [0.2, 0.25) is 10.0 Å². The number of pyridine rings is 2. The molecule has 2 heterocycles. The molecule has 0 saturated carbocycles. The van der Waals surface area contributed by atoms with E-state index in [0.717, 1.165) is 5.56 Å². The van der Waals surface area contributed by atoms with E-state index in [0.29, 0.717) is 21.6 Å². The number of anilines is 2. The number of hydrogen-bond donors (Lipinski definition) is 2. The molecule has 0 aliphatic heterocycles. The highest BCUT2D eigenvalue weighted by molar-refractivity contribution is 6.31. The molecule has 8 heteroatoms. The molecule has 0 aliphatic carbocycles. The Labute approximate surface area is 165 Å². The first-order valence-corrected chi connectivity index (χ1v) is 8.64. The van der Waals surface area contributed by atoms with E-state index in [9.17, 15) is 9.59 Å². The Balaban J connectivity index is 1.83. The summed E-state index contributed by atoms with van der Waals surface area (Å²) in [5.41, 5.74) is 1.67. The van der Waals surface area contributed by atoms with Crippen molar-refractivity contribution in [2.45, 2.75) is 6.92 Å². The van der Waals surface area contributed by atoms with Gasteiger partial charge in [0.05, 0.1) is 16.3 Å². The smallest absolute Gasteiger partial charge is 0.274 e. The van der Waals surface area contributed by atoms with Gasteiger partial charge in [-0.25, -0.2) is 4.98 Å². The fraction of sp³-hybridized carbons (Fsp3) is 0.0526. The Hall–Kier alpha value is -2.96. The number of hydrogen-bond acceptors (Lipinski definition) is 4. The van der Waals surface area contributed by atoms with Crippen molar-refractivity contribution in [3.63, 3.8) is 0 Å². The van der Waals surface area contributed by atoms with Crippen LogP contribution in [0.1, 0.15) is 26.4 Å². The van der Waals surface area contributed by atoms with Crippen LogP contribution in [0.5, 0.6) is 0 Å². The highest BCUT2D eigenvalue weighted by atomic mass is 35.5. The molecule has 2 aromatic heterocycles. The highest BCUT2D eigenvalue weighted by Crippen LogP contribution is 2.23. The van der Waals surface area contributed by atoms with E-state index in [1.807, 2.05) is 6.92 Å². The average Bonchev–Trinajstić information content (AvgIpc) is 2.65. The van der Waals surface area contributed by atoms with Crippen LogP contribution in [0.3, 0.4) is 0 Å². The number of amides is 2. The first-order chi connectivity index (χ1) is 12.9. The zero-order valence-corrected chi connectivity index (χ0v) is 15.7. The highest BCUT2D eigenvalue weighted by Gasteiger charge is 2.16. The maximum Gasteiger partial charge on any atom is 0.274 e. The van der Waals surface area contributed by atoms with E-state index in [1.165, 1.54) is 12.3 Å². The Morgan fingerprint density at radius 2 is 1.63 bits per heavy atom. The molecule has 0 aliphatic rings. The van der Waals surface area contributed by atoms with Crippen molar-refractivity contribution in [1.29, 1.82) is 0 Å². The Bertz CT molecular complexity index is 990. The van der Waals surface area contributed by atoms with E-state index in [1.54, 1.807) is 42.6 Å². The van der Waals surface area contributed by atoms with Crippen LogP contribution in [-0.2, 0) is 0 Å². The summed E-state index contributed by atoms with van der Waals surface area (Å²) in [4.78, 5) is 33.1. The number of benzene rings is 1. The molecule has 27 heavy (non-hydrogen) atoms. The molecule has 3 rings (SSSR count). The summed E-state index contributed by atoms with van der Waals surface area (Å²) in [5.74, 6) is -0.586. The second-order valence-electron chi connectivity index (χ2n) is 5.68. The van der Waals surface area contributed by atoms with Crippen molar-refractivity contribution < 1.29 is 9.59 Å². The van der Waals surface area contributed by atoms with Crippen LogP contribution >= 0.6 is 23.2 Å². The van der Waals surface area contributed by atoms with Crippen LogP contribution in [0.25, 0.3) is 0 Å². The van der Waals surface area contributed by atoms with Gasteiger partial charge < -0.3 is 10.6 Å². The number of halogens is 2. The molecule has 0 atom stereocenters. The van der Waals surface area contributed by atoms with Crippen molar-refractivity contribution >= 4 is 46.5 Å². The van der Waals surface area contributed by atoms with Crippen molar-refractivity contribution in [3.8, 4) is 0 Å². The second-order valence-corrected chi connectivity index (χ2v) is 6.55. The lowest BCUT2D eigenvalue weighted by Gasteiger charge is -2.12. The van der Waals surface area contributed by atoms with Gasteiger partial charge in [0.2, 0.25) is 0 Å². The third-order valence-electron chi connectivity index (χ3n) is 3.59. The quantitative estimate of drug-likeness (QED) is 0.670. The zero-order valence-electron chi connectivity index (χ0n) is 14.2. The van der Waals surface area contributed by atoms with Crippen LogP contribution in [-0.4, -0.2) is 21.8 Å². The van der Waals surface area contributed by atoms with Gasteiger partial charge in [0.1, 0.15) is 11.5 Å². The van der Waals surface area contributed by atoms with E-state index in [2.05, 4.69) is 20.6 Å². The van der Waals surface area contributed by atoms with Crippen LogP contribution in [0, 0.1) is 6.92 Å². The normalized spacial score (nSPS) is 10.3. The largest absolute Gasteiger partial charge is 0.320 e. The minimum absolute atomic E-state index is 0.194. The summed E-state index contributed by atoms with van der Waals surface area (Å²) in [6, 6.07) is 11.2. The molecule has 0 bridgehead atoms. The second kappa shape index (κ2) is 8.16. The van der Waals surface area contributed by atoms with Gasteiger partial charge in [-0.1, -0.05) is 29.3 Å². The summed E-state index contributed by atoms with van der Waals surface area (Å²) in [7, 11) is 0. The number of nitrogens with one attached hydrogen (secondary N) is 2. The van der Waals surface area contributed by atoms with Crippen LogP contribution < -0.4 is 10.6 Å². The third-order valence-corrected chi connectivity index (χ3v) is 4.05. The predicted octanol–water partition coefficient (Wildman–Crippen LogP) is 4.60. The van der Waals surface area contributed by atoms with Gasteiger partial charge in [-0.2, -0.15) is 0 Å². The Morgan fingerprint density at radius 1 is 0.852 bits per heavy atom. The monoisotopic (exact) mass is 400 g/mol. The topological polar surface area (TPSA) is 84.0 Å². The average molecular weight is 401 g/mol. The molecule has 0 fully saturated rings. The third kappa shape index (κ3) is 4.81. The molecule has 6 nitrogen and oxygen atoms in total. The van der Waals surface area contributed by atoms with E-state index < -0.39 is 11.8 Å². The standard InChI is InChI=1S/C19H14Cl2N4O2/c1-11-2-5-16(22-9-11)19(27)24-15-6-3-12(20)8-14(15)18(26)25-17-7-4-13(21)10-23-17/h2-10H,1H3,(H,24,27)(H,23,25,26). The molecular formula is C19H14Cl2N4O2. The fourth-order valence-electron chi connectivity index (χ4n) is 2.24. The molecule has 1 aromatic carbocycles. The summed E-state index contributed by atoms with van der Waals surface area (Å²) in [6.45, 7) is 1.88. The molecule has 0 spiro atoms. The molecule has 2 amide bonds. The maximum atomic E-state index is 12.6. The van der Waals surface area contributed by atoms with Crippen LogP contribution in [0.4, 0.5) is 11.5 Å². The Morgan fingerprint density at radius 3 is 2.30 bits per heavy atom. The molecule has 0 unspecified atom stereocenters. The van der Waals surface area contributed by atoms with Gasteiger partial charge in [0.25, 0.3) is 11.8 Å². The van der Waals surface area contributed by atoms with Gasteiger partial charge in [0, 0.05) is 17.4 Å². The lowest BCUT2D eigenvalue weighted by atomic mass is 10.1. The number of carbonyl (C=O) groups excluding carboxylic acids is 2. The predicted molar refractivity (Wildman–Crippen MR) is 106 cm³/mol. The fourth-order valence-corrected chi connectivity index (χ4v) is 2.52. The molecule has 0 saturated heterocycles. The van der Waals surface area contributed by atoms with Crippen LogP contribution in [0.15, 0.2) is 54.9 Å². The number of nitrogens with zero attached hydrogens (tertiary/aromatic N) is 2. The van der Waals surface area contributed by atoms with Crippen molar-refractivity contribution in [3.05, 3.63) is 81.7 Å².